The van der Waals surface area contributed by atoms with Gasteiger partial charge in [0.2, 0.25) is 5.78 Å². The van der Waals surface area contributed by atoms with Gasteiger partial charge in [0.25, 0.3) is 5.56 Å². The number of ketones is 1. The zero-order chi connectivity index (χ0) is 19.4. The molecule has 0 bridgehead atoms. The smallest absolute Gasteiger partial charge is 0.360 e. The van der Waals surface area contributed by atoms with Crippen molar-refractivity contribution in [3.05, 3.63) is 70.1 Å². The molecular weight excluding hydrogens is 348 g/mol. The molecule has 3 rings (SSSR count). The molecule has 0 radical (unpaired) electrons. The van der Waals surface area contributed by atoms with E-state index in [-0.39, 0.29) is 11.5 Å². The monoisotopic (exact) mass is 366 g/mol. The number of carbonyl (C=O) groups excluding carboxylic acids is 2. The van der Waals surface area contributed by atoms with Crippen LogP contribution in [0, 0.1) is 0 Å². The van der Waals surface area contributed by atoms with Gasteiger partial charge in [0.1, 0.15) is 5.75 Å². The Hall–Kier alpha value is -3.48. The third-order valence-electron chi connectivity index (χ3n) is 3.99. The molecule has 0 saturated heterocycles. The number of nitrogens with one attached hydrogen (secondary N) is 1. The van der Waals surface area contributed by atoms with Crippen molar-refractivity contribution >= 4 is 22.5 Å². The largest absolute Gasteiger partial charge is 0.494 e. The lowest BCUT2D eigenvalue weighted by Gasteiger charge is -2.13. The Morgan fingerprint density at radius 1 is 1.07 bits per heavy atom. The van der Waals surface area contributed by atoms with E-state index in [0.717, 1.165) is 0 Å². The molecule has 1 aromatic heterocycles. The summed E-state index contributed by atoms with van der Waals surface area (Å²) in [6.45, 7) is 3.89. The number of hydrogen-bond acceptors (Lipinski definition) is 6. The molecule has 0 aliphatic carbocycles. The third kappa shape index (κ3) is 3.87. The predicted molar refractivity (Wildman–Crippen MR) is 99.2 cm³/mol. The number of fused-ring (bicyclic) bond motifs is 1. The van der Waals surface area contributed by atoms with Crippen molar-refractivity contribution in [1.29, 1.82) is 0 Å². The summed E-state index contributed by atoms with van der Waals surface area (Å²) >= 11 is 0. The first-order valence-electron chi connectivity index (χ1n) is 8.46. The normalized spacial score (nSPS) is 11.8. The van der Waals surface area contributed by atoms with Crippen LogP contribution in [-0.2, 0) is 4.74 Å². The van der Waals surface area contributed by atoms with E-state index >= 15 is 0 Å². The number of nitrogens with zero attached hydrogens (tertiary/aromatic N) is 1. The molecular formula is C20H18N2O5. The van der Waals surface area contributed by atoms with Crippen LogP contribution in [0.5, 0.6) is 5.75 Å². The first-order chi connectivity index (χ1) is 13.0. The number of benzene rings is 2. The molecule has 0 unspecified atom stereocenters. The summed E-state index contributed by atoms with van der Waals surface area (Å²) in [5, 5.41) is 6.75. The predicted octanol–water partition coefficient (Wildman–Crippen LogP) is 2.75. The maximum absolute atomic E-state index is 12.5. The second-order valence-corrected chi connectivity index (χ2v) is 5.82. The summed E-state index contributed by atoms with van der Waals surface area (Å²) in [7, 11) is 0. The molecule has 138 valence electrons. The Labute approximate surface area is 154 Å². The Morgan fingerprint density at radius 3 is 2.41 bits per heavy atom. The van der Waals surface area contributed by atoms with Crippen molar-refractivity contribution in [2.75, 3.05) is 6.61 Å². The Balaban J connectivity index is 1.78. The summed E-state index contributed by atoms with van der Waals surface area (Å²) in [5.41, 5.74) is -0.0461. The van der Waals surface area contributed by atoms with E-state index in [9.17, 15) is 14.4 Å². The summed E-state index contributed by atoms with van der Waals surface area (Å²) in [5.74, 6) is -0.475. The number of esters is 1. The maximum atomic E-state index is 12.5. The molecule has 27 heavy (non-hydrogen) atoms. The highest BCUT2D eigenvalue weighted by molar-refractivity contribution is 6.05. The van der Waals surface area contributed by atoms with Gasteiger partial charge in [-0.3, -0.25) is 9.59 Å². The third-order valence-corrected chi connectivity index (χ3v) is 3.99. The van der Waals surface area contributed by atoms with Crippen LogP contribution in [0.3, 0.4) is 0 Å². The molecule has 2 aromatic carbocycles. The summed E-state index contributed by atoms with van der Waals surface area (Å²) in [6, 6.07) is 13.2. The van der Waals surface area contributed by atoms with Crippen molar-refractivity contribution in [1.82, 2.24) is 10.2 Å². The van der Waals surface area contributed by atoms with Crippen LogP contribution in [0.2, 0.25) is 0 Å². The van der Waals surface area contributed by atoms with Crippen LogP contribution in [0.1, 0.15) is 34.7 Å². The molecule has 0 fully saturated rings. The fourth-order valence-corrected chi connectivity index (χ4v) is 2.66. The first-order valence-corrected chi connectivity index (χ1v) is 8.46. The van der Waals surface area contributed by atoms with Gasteiger partial charge in [-0.25, -0.2) is 9.89 Å². The van der Waals surface area contributed by atoms with Crippen LogP contribution in [-0.4, -0.2) is 34.7 Å². The molecule has 1 heterocycles. The molecule has 0 aliphatic heterocycles. The van der Waals surface area contributed by atoms with E-state index < -0.39 is 17.6 Å². The summed E-state index contributed by atoms with van der Waals surface area (Å²) < 4.78 is 10.6. The van der Waals surface area contributed by atoms with E-state index in [0.29, 0.717) is 28.7 Å². The summed E-state index contributed by atoms with van der Waals surface area (Å²) in [6.07, 6.45) is -1.01. The maximum Gasteiger partial charge on any atom is 0.360 e. The van der Waals surface area contributed by atoms with Crippen LogP contribution >= 0.6 is 0 Å². The lowest BCUT2D eigenvalue weighted by molar-refractivity contribution is 0.0314. The number of hydrogen-bond donors (Lipinski definition) is 1. The highest BCUT2D eigenvalue weighted by Crippen LogP contribution is 2.17. The van der Waals surface area contributed by atoms with Gasteiger partial charge in [0.05, 0.1) is 12.0 Å². The fraction of sp³-hybridized carbons (Fsp3) is 0.200. The molecule has 0 amide bonds. The molecule has 7 nitrogen and oxygen atoms in total. The van der Waals surface area contributed by atoms with Gasteiger partial charge in [-0.2, -0.15) is 5.10 Å². The van der Waals surface area contributed by atoms with Gasteiger partial charge in [-0.05, 0) is 44.2 Å². The van der Waals surface area contributed by atoms with Gasteiger partial charge in [-0.1, -0.05) is 18.2 Å². The molecule has 1 N–H and O–H groups in total. The Morgan fingerprint density at radius 2 is 1.74 bits per heavy atom. The van der Waals surface area contributed by atoms with Crippen molar-refractivity contribution in [3.63, 3.8) is 0 Å². The van der Waals surface area contributed by atoms with Crippen LogP contribution in [0.15, 0.2) is 53.3 Å². The average molecular weight is 366 g/mol. The Bertz CT molecular complexity index is 1040. The first kappa shape index (κ1) is 18.3. The number of rotatable bonds is 6. The van der Waals surface area contributed by atoms with Crippen molar-refractivity contribution < 1.29 is 19.1 Å². The second-order valence-electron chi connectivity index (χ2n) is 5.82. The molecule has 0 saturated carbocycles. The van der Waals surface area contributed by atoms with E-state index in [1.165, 1.54) is 6.92 Å². The molecule has 3 aromatic rings. The van der Waals surface area contributed by atoms with Crippen LogP contribution < -0.4 is 10.3 Å². The molecule has 0 aliphatic rings. The standard InChI is InChI=1S/C20H18N2O5/c1-3-26-14-10-8-13(9-11-14)18(23)12(2)27-20(25)17-15-6-4-5-7-16(15)19(24)22-21-17/h4-12H,3H2,1-2H3,(H,22,24)/t12-/m1/s1. The number of aromatic amines is 1. The topological polar surface area (TPSA) is 98.3 Å². The van der Waals surface area contributed by atoms with E-state index in [2.05, 4.69) is 10.2 Å². The van der Waals surface area contributed by atoms with Crippen LogP contribution in [0.25, 0.3) is 10.8 Å². The Kier molecular flexibility index (Phi) is 5.30. The van der Waals surface area contributed by atoms with E-state index in [1.807, 2.05) is 6.92 Å². The lowest BCUT2D eigenvalue weighted by Crippen LogP contribution is -2.26. The zero-order valence-electron chi connectivity index (χ0n) is 14.9. The van der Waals surface area contributed by atoms with Gasteiger partial charge >= 0.3 is 5.97 Å². The van der Waals surface area contributed by atoms with Gasteiger partial charge in [-0.15, -0.1) is 0 Å². The summed E-state index contributed by atoms with van der Waals surface area (Å²) in [4.78, 5) is 36.8. The molecule has 1 atom stereocenters. The highest BCUT2D eigenvalue weighted by atomic mass is 16.5. The fourth-order valence-electron chi connectivity index (χ4n) is 2.66. The molecule has 0 spiro atoms. The van der Waals surface area contributed by atoms with Crippen molar-refractivity contribution in [2.24, 2.45) is 0 Å². The zero-order valence-corrected chi connectivity index (χ0v) is 14.9. The van der Waals surface area contributed by atoms with E-state index in [4.69, 9.17) is 9.47 Å². The van der Waals surface area contributed by atoms with Gasteiger partial charge in [0, 0.05) is 10.9 Å². The quantitative estimate of drug-likeness (QED) is 0.532. The minimum absolute atomic E-state index is 0.0449. The number of carbonyl (C=O) groups is 2. The molecule has 7 heteroatoms. The average Bonchev–Trinajstić information content (AvgIpc) is 2.68. The lowest BCUT2D eigenvalue weighted by atomic mass is 10.1. The van der Waals surface area contributed by atoms with Gasteiger partial charge in [0.15, 0.2) is 11.8 Å². The SMILES string of the molecule is CCOc1ccc(C(=O)[C@@H](C)OC(=O)c2n[nH]c(=O)c3ccccc23)cc1. The van der Waals surface area contributed by atoms with Crippen molar-refractivity contribution in [3.8, 4) is 5.75 Å². The van der Waals surface area contributed by atoms with Crippen molar-refractivity contribution in [2.45, 2.75) is 20.0 Å². The number of H-pyrrole nitrogens is 1. The van der Waals surface area contributed by atoms with E-state index in [1.54, 1.807) is 48.5 Å². The number of Topliss-reactive ketones (excluding diaryl/α,β-unsaturated/α-hetero) is 1. The number of ether oxygens (including phenoxy) is 2. The highest BCUT2D eigenvalue weighted by Gasteiger charge is 2.23. The number of aromatic nitrogens is 2. The minimum atomic E-state index is -1.01. The second kappa shape index (κ2) is 7.82. The minimum Gasteiger partial charge on any atom is -0.494 e. The van der Waals surface area contributed by atoms with Crippen LogP contribution in [0.4, 0.5) is 0 Å². The van der Waals surface area contributed by atoms with Gasteiger partial charge < -0.3 is 9.47 Å².